The Hall–Kier alpha value is -1.04. The summed E-state index contributed by atoms with van der Waals surface area (Å²) in [5, 5.41) is 0. The molecule has 0 spiro atoms. The molecule has 3 nitrogen and oxygen atoms in total. The number of esters is 1. The standard InChI is InChI=1S/C11H12BrF2NO2/c1-3-17-8(16)4-7-5-15-10(11(13)14)9(12)6(7)2/h5,11H,3-4H2,1-2H3. The number of rotatable bonds is 4. The average molecular weight is 308 g/mol. The fourth-order valence-electron chi connectivity index (χ4n) is 1.33. The van der Waals surface area contributed by atoms with E-state index >= 15 is 0 Å². The van der Waals surface area contributed by atoms with Crippen molar-refractivity contribution in [3.05, 3.63) is 27.5 Å². The molecule has 6 heteroatoms. The van der Waals surface area contributed by atoms with Crippen LogP contribution in [0.5, 0.6) is 0 Å². The van der Waals surface area contributed by atoms with Gasteiger partial charge >= 0.3 is 5.97 Å². The number of nitrogens with zero attached hydrogens (tertiary/aromatic N) is 1. The van der Waals surface area contributed by atoms with Gasteiger partial charge < -0.3 is 4.74 Å². The molecule has 1 aromatic heterocycles. The van der Waals surface area contributed by atoms with Gasteiger partial charge in [-0.2, -0.15) is 0 Å². The van der Waals surface area contributed by atoms with Crippen molar-refractivity contribution < 1.29 is 18.3 Å². The molecule has 0 unspecified atom stereocenters. The zero-order valence-electron chi connectivity index (χ0n) is 9.47. The summed E-state index contributed by atoms with van der Waals surface area (Å²) < 4.78 is 30.1. The van der Waals surface area contributed by atoms with E-state index in [1.54, 1.807) is 13.8 Å². The fourth-order valence-corrected chi connectivity index (χ4v) is 1.86. The van der Waals surface area contributed by atoms with E-state index in [0.29, 0.717) is 17.7 Å². The molecular formula is C11H12BrF2NO2. The summed E-state index contributed by atoms with van der Waals surface area (Å²) in [5.41, 5.74) is 0.859. The van der Waals surface area contributed by atoms with Crippen LogP contribution in [0.25, 0.3) is 0 Å². The molecule has 0 amide bonds. The van der Waals surface area contributed by atoms with Gasteiger partial charge in [0.1, 0.15) is 5.69 Å². The molecule has 0 fully saturated rings. The number of hydrogen-bond donors (Lipinski definition) is 0. The highest BCUT2D eigenvalue weighted by Crippen LogP contribution is 2.29. The van der Waals surface area contributed by atoms with Crippen LogP contribution < -0.4 is 0 Å². The number of hydrogen-bond acceptors (Lipinski definition) is 3. The molecule has 0 aliphatic heterocycles. The van der Waals surface area contributed by atoms with Crippen molar-refractivity contribution in [3.63, 3.8) is 0 Å². The Morgan fingerprint density at radius 3 is 2.76 bits per heavy atom. The first-order chi connectivity index (χ1) is 7.97. The second-order valence-electron chi connectivity index (χ2n) is 3.39. The normalized spacial score (nSPS) is 10.7. The molecule has 0 atom stereocenters. The number of halogens is 3. The van der Waals surface area contributed by atoms with Crippen molar-refractivity contribution in [1.29, 1.82) is 0 Å². The largest absolute Gasteiger partial charge is 0.466 e. The molecule has 17 heavy (non-hydrogen) atoms. The molecule has 94 valence electrons. The van der Waals surface area contributed by atoms with Crippen LogP contribution >= 0.6 is 15.9 Å². The van der Waals surface area contributed by atoms with Crippen molar-refractivity contribution in [2.24, 2.45) is 0 Å². The van der Waals surface area contributed by atoms with Gasteiger partial charge in [-0.05, 0) is 40.9 Å². The molecule has 0 bridgehead atoms. The van der Waals surface area contributed by atoms with Gasteiger partial charge in [0, 0.05) is 10.7 Å². The van der Waals surface area contributed by atoms with E-state index in [2.05, 4.69) is 20.9 Å². The predicted octanol–water partition coefficient (Wildman–Crippen LogP) is 3.20. The van der Waals surface area contributed by atoms with E-state index in [1.165, 1.54) is 6.20 Å². The van der Waals surface area contributed by atoms with Gasteiger partial charge in [0.15, 0.2) is 0 Å². The topological polar surface area (TPSA) is 39.2 Å². The van der Waals surface area contributed by atoms with Crippen LogP contribution in [0.15, 0.2) is 10.7 Å². The number of ether oxygens (including phenoxy) is 1. The maximum atomic E-state index is 12.5. The minimum Gasteiger partial charge on any atom is -0.466 e. The number of alkyl halides is 2. The number of carbonyl (C=O) groups is 1. The van der Waals surface area contributed by atoms with Crippen LogP contribution in [-0.2, 0) is 16.0 Å². The highest BCUT2D eigenvalue weighted by Gasteiger charge is 2.18. The third kappa shape index (κ3) is 3.46. The van der Waals surface area contributed by atoms with Crippen LogP contribution in [0.3, 0.4) is 0 Å². The van der Waals surface area contributed by atoms with Crippen molar-refractivity contribution in [2.45, 2.75) is 26.7 Å². The highest BCUT2D eigenvalue weighted by molar-refractivity contribution is 9.10. The average Bonchev–Trinajstić information content (AvgIpc) is 2.25. The lowest BCUT2D eigenvalue weighted by Crippen LogP contribution is -2.10. The molecule has 0 saturated carbocycles. The van der Waals surface area contributed by atoms with E-state index in [-0.39, 0.29) is 16.6 Å². The van der Waals surface area contributed by atoms with Crippen LogP contribution in [-0.4, -0.2) is 17.6 Å². The fraction of sp³-hybridized carbons (Fsp3) is 0.455. The summed E-state index contributed by atoms with van der Waals surface area (Å²) in [6.07, 6.45) is -1.31. The minimum atomic E-state index is -2.64. The van der Waals surface area contributed by atoms with Gasteiger partial charge in [-0.25, -0.2) is 8.78 Å². The summed E-state index contributed by atoms with van der Waals surface area (Å²) in [4.78, 5) is 14.9. The Morgan fingerprint density at radius 1 is 1.59 bits per heavy atom. The first-order valence-electron chi connectivity index (χ1n) is 5.05. The lowest BCUT2D eigenvalue weighted by atomic mass is 10.1. The quantitative estimate of drug-likeness (QED) is 0.802. The third-order valence-electron chi connectivity index (χ3n) is 2.24. The summed E-state index contributed by atoms with van der Waals surface area (Å²) in [5.74, 6) is -0.394. The van der Waals surface area contributed by atoms with Gasteiger partial charge in [-0.15, -0.1) is 0 Å². The van der Waals surface area contributed by atoms with Crippen LogP contribution in [0.2, 0.25) is 0 Å². The molecular weight excluding hydrogens is 296 g/mol. The maximum Gasteiger partial charge on any atom is 0.310 e. The van der Waals surface area contributed by atoms with Crippen LogP contribution in [0, 0.1) is 6.92 Å². The Kier molecular flexibility index (Phi) is 4.99. The van der Waals surface area contributed by atoms with E-state index in [0.717, 1.165) is 0 Å². The van der Waals surface area contributed by atoms with E-state index < -0.39 is 12.4 Å². The molecule has 1 rings (SSSR count). The van der Waals surface area contributed by atoms with Gasteiger partial charge in [0.2, 0.25) is 0 Å². The Morgan fingerprint density at radius 2 is 2.24 bits per heavy atom. The smallest absolute Gasteiger partial charge is 0.310 e. The van der Waals surface area contributed by atoms with Gasteiger partial charge in [0.25, 0.3) is 6.43 Å². The van der Waals surface area contributed by atoms with Crippen molar-refractivity contribution >= 4 is 21.9 Å². The second kappa shape index (κ2) is 6.05. The Labute approximate surface area is 106 Å². The van der Waals surface area contributed by atoms with Crippen molar-refractivity contribution in [2.75, 3.05) is 6.61 Å². The minimum absolute atomic E-state index is 0.0365. The lowest BCUT2D eigenvalue weighted by molar-refractivity contribution is -0.142. The molecule has 1 heterocycles. The summed E-state index contributed by atoms with van der Waals surface area (Å²) in [6, 6.07) is 0. The lowest BCUT2D eigenvalue weighted by Gasteiger charge is -2.10. The van der Waals surface area contributed by atoms with Crippen LogP contribution in [0.1, 0.15) is 30.2 Å². The van der Waals surface area contributed by atoms with Crippen molar-refractivity contribution in [3.8, 4) is 0 Å². The van der Waals surface area contributed by atoms with Crippen LogP contribution in [0.4, 0.5) is 8.78 Å². The van der Waals surface area contributed by atoms with Gasteiger partial charge in [-0.1, -0.05) is 0 Å². The zero-order valence-corrected chi connectivity index (χ0v) is 11.1. The Bertz CT molecular complexity index is 424. The predicted molar refractivity (Wildman–Crippen MR) is 62.0 cm³/mol. The summed E-state index contributed by atoms with van der Waals surface area (Å²) in [6.45, 7) is 3.66. The molecule has 0 aliphatic rings. The van der Waals surface area contributed by atoms with E-state index in [4.69, 9.17) is 4.74 Å². The first-order valence-corrected chi connectivity index (χ1v) is 5.84. The number of carbonyl (C=O) groups excluding carboxylic acids is 1. The summed E-state index contributed by atoms with van der Waals surface area (Å²) >= 11 is 3.07. The van der Waals surface area contributed by atoms with E-state index in [1.807, 2.05) is 0 Å². The molecule has 0 aliphatic carbocycles. The number of aromatic nitrogens is 1. The maximum absolute atomic E-state index is 12.5. The SMILES string of the molecule is CCOC(=O)Cc1cnc(C(F)F)c(Br)c1C. The Balaban J connectivity index is 2.96. The van der Waals surface area contributed by atoms with Gasteiger partial charge in [0.05, 0.1) is 13.0 Å². The molecule has 0 saturated heterocycles. The third-order valence-corrected chi connectivity index (χ3v) is 3.24. The monoisotopic (exact) mass is 307 g/mol. The second-order valence-corrected chi connectivity index (χ2v) is 4.18. The molecule has 1 aromatic rings. The molecule has 0 aromatic carbocycles. The van der Waals surface area contributed by atoms with E-state index in [9.17, 15) is 13.6 Å². The highest BCUT2D eigenvalue weighted by atomic mass is 79.9. The van der Waals surface area contributed by atoms with Crippen molar-refractivity contribution in [1.82, 2.24) is 4.98 Å². The van der Waals surface area contributed by atoms with Gasteiger partial charge in [-0.3, -0.25) is 9.78 Å². The molecule has 0 radical (unpaired) electrons. The zero-order chi connectivity index (χ0) is 13.0. The first kappa shape index (κ1) is 14.0. The molecule has 0 N–H and O–H groups in total. The summed E-state index contributed by atoms with van der Waals surface area (Å²) in [7, 11) is 0. The number of pyridine rings is 1.